The Kier molecular flexibility index (Phi) is 3.49. The molecule has 0 spiro atoms. The maximum Gasteiger partial charge on any atom is 0.137 e. The zero-order valence-electron chi connectivity index (χ0n) is 12.0. The van der Waals surface area contributed by atoms with Gasteiger partial charge in [-0.25, -0.2) is 4.98 Å². The van der Waals surface area contributed by atoms with Crippen LogP contribution in [0.3, 0.4) is 0 Å². The molecule has 4 heteroatoms. The van der Waals surface area contributed by atoms with Gasteiger partial charge in [-0.3, -0.25) is 4.90 Å². The Morgan fingerprint density at radius 3 is 3.24 bits per heavy atom. The molecule has 3 aromatic heterocycles. The summed E-state index contributed by atoms with van der Waals surface area (Å²) in [6.45, 7) is 3.44. The van der Waals surface area contributed by atoms with Gasteiger partial charge in [0.2, 0.25) is 0 Å². The van der Waals surface area contributed by atoms with Crippen LogP contribution in [0.5, 0.6) is 0 Å². The number of nitrogens with one attached hydrogen (secondary N) is 1. The van der Waals surface area contributed by atoms with Crippen molar-refractivity contribution in [1.82, 2.24) is 14.9 Å². The third-order valence-electron chi connectivity index (χ3n) is 4.34. The number of rotatable bonds is 3. The number of fused-ring (bicyclic) bond motifs is 1. The Labute approximate surface area is 128 Å². The number of nitrogens with zero attached hydrogens (tertiary/aromatic N) is 2. The van der Waals surface area contributed by atoms with Gasteiger partial charge >= 0.3 is 0 Å². The number of hydrogen-bond acceptors (Lipinski definition) is 3. The van der Waals surface area contributed by atoms with Crippen LogP contribution in [-0.4, -0.2) is 28.0 Å². The summed E-state index contributed by atoms with van der Waals surface area (Å²) in [6, 6.07) is 8.65. The molecule has 0 aromatic carbocycles. The molecule has 0 bridgehead atoms. The maximum atomic E-state index is 4.41. The standard InChI is InChI=1S/C17H19N3S/c1-3-14-9-16(19-17(14)18-6-1)15-4-2-7-20(11-15)10-13-5-8-21-12-13/h1,3,5-6,8-9,12,15H,2,4,7,10-11H2,(H,18,19). The van der Waals surface area contributed by atoms with E-state index in [9.17, 15) is 0 Å². The molecular formula is C17H19N3S. The van der Waals surface area contributed by atoms with Gasteiger partial charge in [-0.05, 0) is 60.0 Å². The SMILES string of the molecule is c1cnc2[nH]c(C3CCCN(Cc4ccsc4)C3)cc2c1. The van der Waals surface area contributed by atoms with Crippen LogP contribution < -0.4 is 0 Å². The zero-order valence-corrected chi connectivity index (χ0v) is 12.8. The van der Waals surface area contributed by atoms with Crippen LogP contribution >= 0.6 is 11.3 Å². The highest BCUT2D eigenvalue weighted by atomic mass is 32.1. The number of piperidine rings is 1. The Hall–Kier alpha value is -1.65. The van der Waals surface area contributed by atoms with Gasteiger partial charge in [0.05, 0.1) is 0 Å². The molecule has 1 aliphatic rings. The third kappa shape index (κ3) is 2.74. The normalized spacial score (nSPS) is 20.1. The largest absolute Gasteiger partial charge is 0.343 e. The van der Waals surface area contributed by atoms with Crippen LogP contribution in [-0.2, 0) is 6.54 Å². The summed E-state index contributed by atoms with van der Waals surface area (Å²) in [7, 11) is 0. The minimum absolute atomic E-state index is 0.603. The smallest absolute Gasteiger partial charge is 0.137 e. The van der Waals surface area contributed by atoms with Crippen molar-refractivity contribution in [2.24, 2.45) is 0 Å². The van der Waals surface area contributed by atoms with E-state index in [1.165, 1.54) is 36.0 Å². The fourth-order valence-electron chi connectivity index (χ4n) is 3.29. The van der Waals surface area contributed by atoms with E-state index >= 15 is 0 Å². The van der Waals surface area contributed by atoms with Gasteiger partial charge in [-0.1, -0.05) is 0 Å². The van der Waals surface area contributed by atoms with Crippen molar-refractivity contribution in [3.63, 3.8) is 0 Å². The van der Waals surface area contributed by atoms with Crippen molar-refractivity contribution < 1.29 is 0 Å². The molecule has 4 rings (SSSR count). The van der Waals surface area contributed by atoms with E-state index in [2.05, 4.69) is 43.8 Å². The minimum atomic E-state index is 0.603. The van der Waals surface area contributed by atoms with Gasteiger partial charge in [0.15, 0.2) is 0 Å². The van der Waals surface area contributed by atoms with Gasteiger partial charge < -0.3 is 4.98 Å². The molecule has 0 aliphatic carbocycles. The lowest BCUT2D eigenvalue weighted by Crippen LogP contribution is -2.33. The number of aromatic nitrogens is 2. The van der Waals surface area contributed by atoms with E-state index in [0.29, 0.717) is 5.92 Å². The van der Waals surface area contributed by atoms with Crippen LogP contribution in [0.4, 0.5) is 0 Å². The Morgan fingerprint density at radius 2 is 2.38 bits per heavy atom. The molecule has 108 valence electrons. The van der Waals surface area contributed by atoms with Crippen LogP contribution in [0.1, 0.15) is 30.0 Å². The van der Waals surface area contributed by atoms with E-state index in [-0.39, 0.29) is 0 Å². The Morgan fingerprint density at radius 1 is 1.38 bits per heavy atom. The molecule has 0 saturated carbocycles. The van der Waals surface area contributed by atoms with Crippen LogP contribution in [0, 0.1) is 0 Å². The average Bonchev–Trinajstić information content (AvgIpc) is 3.16. The first kappa shape index (κ1) is 13.0. The van der Waals surface area contributed by atoms with E-state index in [1.807, 2.05) is 12.3 Å². The van der Waals surface area contributed by atoms with Crippen molar-refractivity contribution in [2.75, 3.05) is 13.1 Å². The molecule has 1 fully saturated rings. The van der Waals surface area contributed by atoms with Crippen molar-refractivity contribution in [2.45, 2.75) is 25.3 Å². The second kappa shape index (κ2) is 5.62. The quantitative estimate of drug-likeness (QED) is 0.792. The van der Waals surface area contributed by atoms with Gasteiger partial charge in [0.1, 0.15) is 5.65 Å². The highest BCUT2D eigenvalue weighted by Crippen LogP contribution is 2.29. The summed E-state index contributed by atoms with van der Waals surface area (Å²) in [5, 5.41) is 5.65. The molecule has 1 N–H and O–H groups in total. The molecule has 1 atom stereocenters. The average molecular weight is 297 g/mol. The molecule has 3 nitrogen and oxygen atoms in total. The number of thiophene rings is 1. The molecule has 3 aromatic rings. The predicted octanol–water partition coefficient (Wildman–Crippen LogP) is 4.00. The summed E-state index contributed by atoms with van der Waals surface area (Å²) in [4.78, 5) is 10.5. The van der Waals surface area contributed by atoms with Crippen molar-refractivity contribution >= 4 is 22.4 Å². The van der Waals surface area contributed by atoms with E-state index in [1.54, 1.807) is 11.3 Å². The molecule has 21 heavy (non-hydrogen) atoms. The van der Waals surface area contributed by atoms with Gasteiger partial charge in [-0.2, -0.15) is 11.3 Å². The Balaban J connectivity index is 1.52. The first-order valence-electron chi connectivity index (χ1n) is 7.55. The predicted molar refractivity (Wildman–Crippen MR) is 87.7 cm³/mol. The third-order valence-corrected chi connectivity index (χ3v) is 5.08. The lowest BCUT2D eigenvalue weighted by molar-refractivity contribution is 0.199. The van der Waals surface area contributed by atoms with Crippen molar-refractivity contribution in [1.29, 1.82) is 0 Å². The fourth-order valence-corrected chi connectivity index (χ4v) is 3.95. The van der Waals surface area contributed by atoms with E-state index < -0.39 is 0 Å². The van der Waals surface area contributed by atoms with E-state index in [4.69, 9.17) is 0 Å². The summed E-state index contributed by atoms with van der Waals surface area (Å²) >= 11 is 1.79. The number of pyridine rings is 1. The van der Waals surface area contributed by atoms with Crippen LogP contribution in [0.15, 0.2) is 41.2 Å². The molecule has 0 radical (unpaired) electrons. The number of aromatic amines is 1. The Bertz CT molecular complexity index is 684. The lowest BCUT2D eigenvalue weighted by Gasteiger charge is -2.32. The van der Waals surface area contributed by atoms with Crippen molar-refractivity contribution in [3.05, 3.63) is 52.5 Å². The van der Waals surface area contributed by atoms with Crippen LogP contribution in [0.25, 0.3) is 11.0 Å². The number of likely N-dealkylation sites (tertiary alicyclic amines) is 1. The molecular weight excluding hydrogens is 278 g/mol. The van der Waals surface area contributed by atoms with Crippen LogP contribution in [0.2, 0.25) is 0 Å². The fraction of sp³-hybridized carbons (Fsp3) is 0.353. The minimum Gasteiger partial charge on any atom is -0.343 e. The molecule has 1 aliphatic heterocycles. The molecule has 1 saturated heterocycles. The second-order valence-electron chi connectivity index (χ2n) is 5.87. The zero-order chi connectivity index (χ0) is 14.1. The topological polar surface area (TPSA) is 31.9 Å². The number of hydrogen-bond donors (Lipinski definition) is 1. The van der Waals surface area contributed by atoms with Crippen molar-refractivity contribution in [3.8, 4) is 0 Å². The summed E-state index contributed by atoms with van der Waals surface area (Å²) in [5.41, 5.74) is 3.81. The lowest BCUT2D eigenvalue weighted by atomic mass is 9.94. The van der Waals surface area contributed by atoms with E-state index in [0.717, 1.165) is 18.7 Å². The molecule has 0 amide bonds. The first-order chi connectivity index (χ1) is 10.4. The first-order valence-corrected chi connectivity index (χ1v) is 8.50. The van der Waals surface area contributed by atoms with Gasteiger partial charge in [-0.15, -0.1) is 0 Å². The van der Waals surface area contributed by atoms with Gasteiger partial charge in [0.25, 0.3) is 0 Å². The number of H-pyrrole nitrogens is 1. The monoisotopic (exact) mass is 297 g/mol. The summed E-state index contributed by atoms with van der Waals surface area (Å²) in [6.07, 6.45) is 4.40. The summed E-state index contributed by atoms with van der Waals surface area (Å²) in [5.74, 6) is 0.603. The maximum absolute atomic E-state index is 4.41. The highest BCUT2D eigenvalue weighted by molar-refractivity contribution is 7.07. The second-order valence-corrected chi connectivity index (χ2v) is 6.65. The van der Waals surface area contributed by atoms with Gasteiger partial charge in [0, 0.05) is 36.3 Å². The molecule has 4 heterocycles. The summed E-state index contributed by atoms with van der Waals surface area (Å²) < 4.78 is 0. The molecule has 1 unspecified atom stereocenters. The highest BCUT2D eigenvalue weighted by Gasteiger charge is 2.22.